The Balaban J connectivity index is 3.23. The molecule has 0 heterocycles. The van der Waals surface area contributed by atoms with Gasteiger partial charge >= 0.3 is 0 Å². The van der Waals surface area contributed by atoms with E-state index >= 15 is 0 Å². The van der Waals surface area contributed by atoms with Crippen LogP contribution in [-0.4, -0.2) is 36.0 Å². The topological polar surface area (TPSA) is 76.3 Å². The Kier molecular flexibility index (Phi) is 5.12. The molecular formula is C5H10N2O2. The molecule has 0 rings (SSSR count). The SMILES string of the molecule is N#CC(CO)NCCO. The quantitative estimate of drug-likeness (QED) is 0.430. The highest BCUT2D eigenvalue weighted by atomic mass is 16.3. The molecule has 0 aliphatic rings. The van der Waals surface area contributed by atoms with Crippen molar-refractivity contribution in [3.63, 3.8) is 0 Å². The summed E-state index contributed by atoms with van der Waals surface area (Å²) in [5, 5.41) is 27.4. The van der Waals surface area contributed by atoms with Crippen LogP contribution < -0.4 is 5.32 Å². The fourth-order valence-corrected chi connectivity index (χ4v) is 0.390. The molecule has 0 fully saturated rings. The first-order valence-corrected chi connectivity index (χ1v) is 2.70. The van der Waals surface area contributed by atoms with Crippen LogP contribution in [0.25, 0.3) is 0 Å². The molecule has 1 unspecified atom stereocenters. The van der Waals surface area contributed by atoms with Crippen LogP contribution in [0.1, 0.15) is 0 Å². The van der Waals surface area contributed by atoms with Crippen LogP contribution in [0.15, 0.2) is 0 Å². The number of nitriles is 1. The Morgan fingerprint density at radius 2 is 2.22 bits per heavy atom. The first-order valence-electron chi connectivity index (χ1n) is 2.70. The zero-order valence-electron chi connectivity index (χ0n) is 5.04. The van der Waals surface area contributed by atoms with Crippen molar-refractivity contribution < 1.29 is 10.2 Å². The third-order valence-corrected chi connectivity index (χ3v) is 0.841. The van der Waals surface area contributed by atoms with Gasteiger partial charge in [0.25, 0.3) is 0 Å². The average molecular weight is 130 g/mol. The van der Waals surface area contributed by atoms with Gasteiger partial charge in [0.15, 0.2) is 0 Å². The van der Waals surface area contributed by atoms with E-state index in [4.69, 9.17) is 15.5 Å². The summed E-state index contributed by atoms with van der Waals surface area (Å²) in [6.45, 7) is 0.119. The summed E-state index contributed by atoms with van der Waals surface area (Å²) >= 11 is 0. The highest BCUT2D eigenvalue weighted by Gasteiger charge is 2.00. The van der Waals surface area contributed by atoms with Crippen LogP contribution >= 0.6 is 0 Å². The largest absolute Gasteiger partial charge is 0.395 e. The van der Waals surface area contributed by atoms with Crippen molar-refractivity contribution in [2.75, 3.05) is 19.8 Å². The Morgan fingerprint density at radius 1 is 1.56 bits per heavy atom. The van der Waals surface area contributed by atoms with Gasteiger partial charge in [0.05, 0.1) is 19.3 Å². The molecule has 9 heavy (non-hydrogen) atoms. The van der Waals surface area contributed by atoms with Gasteiger partial charge in [-0.15, -0.1) is 0 Å². The second kappa shape index (κ2) is 5.51. The third-order valence-electron chi connectivity index (χ3n) is 0.841. The van der Waals surface area contributed by atoms with E-state index in [1.807, 2.05) is 6.07 Å². The van der Waals surface area contributed by atoms with Crippen molar-refractivity contribution in [1.29, 1.82) is 5.26 Å². The van der Waals surface area contributed by atoms with Gasteiger partial charge in [0.1, 0.15) is 6.04 Å². The molecule has 4 nitrogen and oxygen atoms in total. The molecule has 0 radical (unpaired) electrons. The molecule has 52 valence electrons. The van der Waals surface area contributed by atoms with E-state index in [0.717, 1.165) is 0 Å². The minimum Gasteiger partial charge on any atom is -0.395 e. The molecule has 0 aromatic carbocycles. The van der Waals surface area contributed by atoms with Crippen molar-refractivity contribution in [3.8, 4) is 6.07 Å². The summed E-state index contributed by atoms with van der Waals surface area (Å²) in [5.74, 6) is 0. The predicted molar refractivity (Wildman–Crippen MR) is 31.6 cm³/mol. The summed E-state index contributed by atoms with van der Waals surface area (Å²) < 4.78 is 0. The molecule has 0 bridgehead atoms. The molecule has 3 N–H and O–H groups in total. The van der Waals surface area contributed by atoms with Gasteiger partial charge in [-0.25, -0.2) is 0 Å². The summed E-state index contributed by atoms with van der Waals surface area (Å²) in [7, 11) is 0. The van der Waals surface area contributed by atoms with E-state index < -0.39 is 6.04 Å². The van der Waals surface area contributed by atoms with Gasteiger partial charge in [-0.05, 0) is 0 Å². The van der Waals surface area contributed by atoms with Gasteiger partial charge in [-0.2, -0.15) is 5.26 Å². The van der Waals surface area contributed by atoms with Gasteiger partial charge in [-0.3, -0.25) is 5.32 Å². The number of nitrogens with one attached hydrogen (secondary N) is 1. The number of aliphatic hydroxyl groups is 2. The van der Waals surface area contributed by atoms with Crippen LogP contribution in [-0.2, 0) is 0 Å². The van der Waals surface area contributed by atoms with Crippen LogP contribution in [0.5, 0.6) is 0 Å². The van der Waals surface area contributed by atoms with Crippen molar-refractivity contribution in [2.45, 2.75) is 6.04 Å². The van der Waals surface area contributed by atoms with Crippen molar-refractivity contribution >= 4 is 0 Å². The maximum Gasteiger partial charge on any atom is 0.119 e. The lowest BCUT2D eigenvalue weighted by Crippen LogP contribution is -2.32. The maximum absolute atomic E-state index is 8.39. The molecule has 0 aliphatic heterocycles. The summed E-state index contributed by atoms with van der Waals surface area (Å²) in [6, 6.07) is 1.27. The summed E-state index contributed by atoms with van der Waals surface area (Å²) in [5.41, 5.74) is 0. The summed E-state index contributed by atoms with van der Waals surface area (Å²) in [4.78, 5) is 0. The molecule has 1 atom stereocenters. The lowest BCUT2D eigenvalue weighted by Gasteiger charge is -2.04. The van der Waals surface area contributed by atoms with Gasteiger partial charge < -0.3 is 10.2 Å². The Morgan fingerprint density at radius 3 is 2.56 bits per heavy atom. The van der Waals surface area contributed by atoms with E-state index in [0.29, 0.717) is 6.54 Å². The molecule has 0 saturated carbocycles. The Labute approximate surface area is 53.7 Å². The van der Waals surface area contributed by atoms with Crippen LogP contribution in [0.3, 0.4) is 0 Å². The molecule has 0 saturated heterocycles. The number of nitrogens with zero attached hydrogens (tertiary/aromatic N) is 1. The van der Waals surface area contributed by atoms with Gasteiger partial charge in [-0.1, -0.05) is 0 Å². The fourth-order valence-electron chi connectivity index (χ4n) is 0.390. The van der Waals surface area contributed by atoms with E-state index in [1.165, 1.54) is 0 Å². The predicted octanol–water partition coefficient (Wildman–Crippen LogP) is -1.55. The van der Waals surface area contributed by atoms with Gasteiger partial charge in [0, 0.05) is 6.54 Å². The first-order chi connectivity index (χ1) is 4.35. The normalized spacial score (nSPS) is 12.6. The molecule has 0 aromatic heterocycles. The number of rotatable bonds is 4. The Hall–Kier alpha value is -0.630. The smallest absolute Gasteiger partial charge is 0.119 e. The minimum atomic E-state index is -0.544. The van der Waals surface area contributed by atoms with Crippen LogP contribution in [0.2, 0.25) is 0 Å². The second-order valence-electron chi connectivity index (χ2n) is 1.54. The van der Waals surface area contributed by atoms with Crippen molar-refractivity contribution in [3.05, 3.63) is 0 Å². The Bertz CT molecular complexity index is 99.6. The zero-order valence-corrected chi connectivity index (χ0v) is 5.04. The molecule has 0 aromatic rings. The molecule has 4 heteroatoms. The summed E-state index contributed by atoms with van der Waals surface area (Å²) in [6.07, 6.45) is 0. The van der Waals surface area contributed by atoms with Crippen molar-refractivity contribution in [2.24, 2.45) is 0 Å². The van der Waals surface area contributed by atoms with E-state index in [2.05, 4.69) is 5.32 Å². The highest BCUT2D eigenvalue weighted by molar-refractivity contribution is 4.88. The third kappa shape index (κ3) is 3.91. The lowest BCUT2D eigenvalue weighted by molar-refractivity contribution is 0.247. The average Bonchev–Trinajstić information content (AvgIpc) is 1.91. The van der Waals surface area contributed by atoms with E-state index in [1.54, 1.807) is 0 Å². The number of aliphatic hydroxyl groups excluding tert-OH is 2. The number of hydrogen-bond acceptors (Lipinski definition) is 4. The highest BCUT2D eigenvalue weighted by Crippen LogP contribution is 1.74. The fraction of sp³-hybridized carbons (Fsp3) is 0.800. The monoisotopic (exact) mass is 130 g/mol. The number of hydrogen-bond donors (Lipinski definition) is 3. The zero-order chi connectivity index (χ0) is 7.11. The minimum absolute atomic E-state index is 0.0157. The lowest BCUT2D eigenvalue weighted by atomic mass is 10.3. The molecular weight excluding hydrogens is 120 g/mol. The van der Waals surface area contributed by atoms with Gasteiger partial charge in [0.2, 0.25) is 0 Å². The molecule has 0 aliphatic carbocycles. The van der Waals surface area contributed by atoms with E-state index in [9.17, 15) is 0 Å². The molecule has 0 amide bonds. The van der Waals surface area contributed by atoms with Crippen molar-refractivity contribution in [1.82, 2.24) is 5.32 Å². The second-order valence-corrected chi connectivity index (χ2v) is 1.54. The first kappa shape index (κ1) is 8.37. The standard InChI is InChI=1S/C5H10N2O2/c6-3-5(4-9)7-1-2-8/h5,7-9H,1-2,4H2. The van der Waals surface area contributed by atoms with Crippen LogP contribution in [0, 0.1) is 11.3 Å². The van der Waals surface area contributed by atoms with Crippen LogP contribution in [0.4, 0.5) is 0 Å². The molecule has 0 spiro atoms. The van der Waals surface area contributed by atoms with E-state index in [-0.39, 0.29) is 13.2 Å². The maximum atomic E-state index is 8.39.